The molecule has 0 bridgehead atoms. The van der Waals surface area contributed by atoms with Crippen LogP contribution in [0.3, 0.4) is 0 Å². The van der Waals surface area contributed by atoms with Gasteiger partial charge in [-0.3, -0.25) is 0 Å². The zero-order chi connectivity index (χ0) is 14.0. The topological polar surface area (TPSA) is 12.0 Å². The van der Waals surface area contributed by atoms with Crippen molar-refractivity contribution in [1.82, 2.24) is 0 Å². The molecule has 0 radical (unpaired) electrons. The van der Waals surface area contributed by atoms with E-state index in [-0.39, 0.29) is 12.1 Å². The second kappa shape index (κ2) is 5.72. The highest BCUT2D eigenvalue weighted by Gasteiger charge is 2.11. The maximum atomic E-state index is 13.0. The smallest absolute Gasteiger partial charge is 0.194 e. The van der Waals surface area contributed by atoms with Crippen LogP contribution in [-0.4, -0.2) is 0 Å². The predicted molar refractivity (Wildman–Crippen MR) is 70.1 cm³/mol. The van der Waals surface area contributed by atoms with Crippen LogP contribution in [0.25, 0.3) is 0 Å². The summed E-state index contributed by atoms with van der Waals surface area (Å²) in [6.45, 7) is 0.0670. The second-order valence-electron chi connectivity index (χ2n) is 3.82. The Labute approximate surface area is 118 Å². The molecule has 0 saturated carbocycles. The standard InChI is InChI=1S/C13H8Cl2F3N/c14-8-2-1-3-9(15)13(8)19-6-7-4-10(16)12(18)11(17)5-7/h1-5,19H,6H2. The molecule has 100 valence electrons. The van der Waals surface area contributed by atoms with Crippen molar-refractivity contribution in [3.8, 4) is 0 Å². The Kier molecular flexibility index (Phi) is 4.22. The van der Waals surface area contributed by atoms with Crippen LogP contribution in [0.15, 0.2) is 30.3 Å². The first-order chi connectivity index (χ1) is 8.99. The van der Waals surface area contributed by atoms with E-state index in [0.717, 1.165) is 12.1 Å². The lowest BCUT2D eigenvalue weighted by Gasteiger charge is -2.10. The molecule has 0 aliphatic carbocycles. The van der Waals surface area contributed by atoms with Crippen molar-refractivity contribution >= 4 is 28.9 Å². The van der Waals surface area contributed by atoms with Gasteiger partial charge in [0.1, 0.15) is 0 Å². The van der Waals surface area contributed by atoms with Gasteiger partial charge in [-0.25, -0.2) is 13.2 Å². The highest BCUT2D eigenvalue weighted by molar-refractivity contribution is 6.39. The minimum Gasteiger partial charge on any atom is -0.379 e. The molecule has 0 aliphatic rings. The minimum atomic E-state index is -1.49. The van der Waals surface area contributed by atoms with Crippen LogP contribution in [0.4, 0.5) is 18.9 Å². The molecule has 0 aliphatic heterocycles. The molecule has 0 atom stereocenters. The fraction of sp³-hybridized carbons (Fsp3) is 0.0769. The Bertz CT molecular complexity index is 574. The molecule has 19 heavy (non-hydrogen) atoms. The summed E-state index contributed by atoms with van der Waals surface area (Å²) < 4.78 is 38.8. The molecule has 1 N–H and O–H groups in total. The third kappa shape index (κ3) is 3.14. The van der Waals surface area contributed by atoms with Crippen molar-refractivity contribution in [2.45, 2.75) is 6.54 Å². The van der Waals surface area contributed by atoms with Crippen LogP contribution in [0.5, 0.6) is 0 Å². The van der Waals surface area contributed by atoms with Crippen LogP contribution in [0.2, 0.25) is 10.0 Å². The number of hydrogen-bond acceptors (Lipinski definition) is 1. The van der Waals surface area contributed by atoms with E-state index >= 15 is 0 Å². The average Bonchev–Trinajstić information content (AvgIpc) is 2.35. The van der Waals surface area contributed by atoms with Crippen LogP contribution < -0.4 is 5.32 Å². The average molecular weight is 306 g/mol. The molecule has 6 heteroatoms. The van der Waals surface area contributed by atoms with E-state index in [4.69, 9.17) is 23.2 Å². The van der Waals surface area contributed by atoms with Crippen molar-refractivity contribution < 1.29 is 13.2 Å². The van der Waals surface area contributed by atoms with Gasteiger partial charge < -0.3 is 5.32 Å². The largest absolute Gasteiger partial charge is 0.379 e. The van der Waals surface area contributed by atoms with E-state index in [9.17, 15) is 13.2 Å². The van der Waals surface area contributed by atoms with Gasteiger partial charge in [-0.2, -0.15) is 0 Å². The zero-order valence-corrected chi connectivity index (χ0v) is 11.0. The van der Waals surface area contributed by atoms with Gasteiger partial charge in [0, 0.05) is 6.54 Å². The molecule has 1 nitrogen and oxygen atoms in total. The van der Waals surface area contributed by atoms with Gasteiger partial charge in [0.2, 0.25) is 0 Å². The SMILES string of the molecule is Fc1cc(CNc2c(Cl)cccc2Cl)cc(F)c1F. The molecule has 2 aromatic rings. The lowest BCUT2D eigenvalue weighted by Crippen LogP contribution is -2.03. The number of rotatable bonds is 3. The summed E-state index contributed by atoms with van der Waals surface area (Å²) in [6, 6.07) is 6.75. The van der Waals surface area contributed by atoms with Gasteiger partial charge in [-0.05, 0) is 29.8 Å². The van der Waals surface area contributed by atoms with Crippen molar-refractivity contribution in [3.63, 3.8) is 0 Å². The fourth-order valence-corrected chi connectivity index (χ4v) is 2.10. The molecular formula is C13H8Cl2F3N. The Balaban J connectivity index is 2.19. The summed E-state index contributed by atoms with van der Waals surface area (Å²) in [5.74, 6) is -3.95. The Morgan fingerprint density at radius 3 is 2.00 bits per heavy atom. The van der Waals surface area contributed by atoms with Gasteiger partial charge in [0.25, 0.3) is 0 Å². The zero-order valence-electron chi connectivity index (χ0n) is 9.48. The monoisotopic (exact) mass is 305 g/mol. The van der Waals surface area contributed by atoms with Gasteiger partial charge >= 0.3 is 0 Å². The first-order valence-corrected chi connectivity index (χ1v) is 6.06. The number of para-hydroxylation sites is 1. The number of hydrogen-bond donors (Lipinski definition) is 1. The molecule has 0 heterocycles. The van der Waals surface area contributed by atoms with Crippen molar-refractivity contribution in [3.05, 3.63) is 63.4 Å². The van der Waals surface area contributed by atoms with Crippen molar-refractivity contribution in [2.75, 3.05) is 5.32 Å². The minimum absolute atomic E-state index is 0.0670. The van der Waals surface area contributed by atoms with Crippen molar-refractivity contribution in [1.29, 1.82) is 0 Å². The van der Waals surface area contributed by atoms with E-state index in [1.54, 1.807) is 18.2 Å². The Hall–Kier alpha value is -1.39. The maximum absolute atomic E-state index is 13.0. The molecule has 0 spiro atoms. The summed E-state index contributed by atoms with van der Waals surface area (Å²) in [7, 11) is 0. The molecule has 0 fully saturated rings. The lowest BCUT2D eigenvalue weighted by molar-refractivity contribution is 0.445. The van der Waals surface area contributed by atoms with Crippen LogP contribution in [-0.2, 0) is 6.54 Å². The highest BCUT2D eigenvalue weighted by atomic mass is 35.5. The van der Waals surface area contributed by atoms with Gasteiger partial charge in [0.05, 0.1) is 15.7 Å². The summed E-state index contributed by atoms with van der Waals surface area (Å²) >= 11 is 11.9. The third-order valence-electron chi connectivity index (χ3n) is 2.48. The molecule has 0 aromatic heterocycles. The van der Waals surface area contributed by atoms with Gasteiger partial charge in [-0.15, -0.1) is 0 Å². The number of benzene rings is 2. The maximum Gasteiger partial charge on any atom is 0.194 e. The van der Waals surface area contributed by atoms with E-state index in [1.165, 1.54) is 0 Å². The number of nitrogens with one attached hydrogen (secondary N) is 1. The molecule has 0 unspecified atom stereocenters. The normalized spacial score (nSPS) is 10.6. The number of halogens is 5. The lowest BCUT2D eigenvalue weighted by atomic mass is 10.2. The molecule has 2 aromatic carbocycles. The van der Waals surface area contributed by atoms with E-state index in [0.29, 0.717) is 15.7 Å². The third-order valence-corrected chi connectivity index (χ3v) is 3.11. The number of anilines is 1. The Morgan fingerprint density at radius 2 is 1.47 bits per heavy atom. The van der Waals surface area contributed by atoms with Crippen LogP contribution >= 0.6 is 23.2 Å². The van der Waals surface area contributed by atoms with Crippen LogP contribution in [0, 0.1) is 17.5 Å². The van der Waals surface area contributed by atoms with Crippen LogP contribution in [0.1, 0.15) is 5.56 Å². The van der Waals surface area contributed by atoms with E-state index in [2.05, 4.69) is 5.32 Å². The van der Waals surface area contributed by atoms with E-state index in [1.807, 2.05) is 0 Å². The Morgan fingerprint density at radius 1 is 0.947 bits per heavy atom. The van der Waals surface area contributed by atoms with Crippen molar-refractivity contribution in [2.24, 2.45) is 0 Å². The van der Waals surface area contributed by atoms with Gasteiger partial charge in [0.15, 0.2) is 17.5 Å². The fourth-order valence-electron chi connectivity index (χ4n) is 1.57. The molecule has 0 amide bonds. The summed E-state index contributed by atoms with van der Waals surface area (Å²) in [5.41, 5.74) is 0.698. The quantitative estimate of drug-likeness (QED) is 0.785. The molecular weight excluding hydrogens is 298 g/mol. The van der Waals surface area contributed by atoms with Gasteiger partial charge in [-0.1, -0.05) is 29.3 Å². The van der Waals surface area contributed by atoms with E-state index < -0.39 is 17.5 Å². The first kappa shape index (κ1) is 14.0. The molecule has 2 rings (SSSR count). The molecule has 0 saturated heterocycles. The summed E-state index contributed by atoms with van der Waals surface area (Å²) in [5, 5.41) is 3.62. The highest BCUT2D eigenvalue weighted by Crippen LogP contribution is 2.30. The second-order valence-corrected chi connectivity index (χ2v) is 4.64. The summed E-state index contributed by atoms with van der Waals surface area (Å²) in [4.78, 5) is 0. The predicted octanol–water partition coefficient (Wildman–Crippen LogP) is 5.02. The first-order valence-electron chi connectivity index (χ1n) is 5.30. The summed E-state index contributed by atoms with van der Waals surface area (Å²) in [6.07, 6.45) is 0.